The Kier molecular flexibility index (Phi) is 4.74. The smallest absolute Gasteiger partial charge is 0.319 e. The summed E-state index contributed by atoms with van der Waals surface area (Å²) in [7, 11) is 0. The summed E-state index contributed by atoms with van der Waals surface area (Å²) in [6.07, 6.45) is 2.13. The zero-order valence-corrected chi connectivity index (χ0v) is 11.0. The van der Waals surface area contributed by atoms with Crippen LogP contribution in [-0.4, -0.2) is 25.8 Å². The quantitative estimate of drug-likeness (QED) is 0.883. The summed E-state index contributed by atoms with van der Waals surface area (Å²) in [4.78, 5) is 11.7. The summed E-state index contributed by atoms with van der Waals surface area (Å²) < 4.78 is 18.4. The van der Waals surface area contributed by atoms with E-state index in [1.54, 1.807) is 19.1 Å². The first-order chi connectivity index (χ1) is 9.15. The van der Waals surface area contributed by atoms with Crippen LogP contribution in [0.15, 0.2) is 18.2 Å². The summed E-state index contributed by atoms with van der Waals surface area (Å²) in [5, 5.41) is 5.50. The van der Waals surface area contributed by atoms with E-state index >= 15 is 0 Å². The molecule has 19 heavy (non-hydrogen) atoms. The molecule has 2 N–H and O–H groups in total. The number of anilines is 1. The number of hydrogen-bond donors (Lipinski definition) is 2. The second kappa shape index (κ2) is 6.52. The average molecular weight is 266 g/mol. The van der Waals surface area contributed by atoms with Crippen molar-refractivity contribution >= 4 is 11.7 Å². The topological polar surface area (TPSA) is 50.4 Å². The number of hydrogen-bond acceptors (Lipinski definition) is 2. The van der Waals surface area contributed by atoms with Crippen LogP contribution in [-0.2, 0) is 4.74 Å². The van der Waals surface area contributed by atoms with E-state index in [-0.39, 0.29) is 11.8 Å². The fourth-order valence-corrected chi connectivity index (χ4v) is 2.10. The maximum absolute atomic E-state index is 13.1. The predicted molar refractivity (Wildman–Crippen MR) is 71.7 cm³/mol. The van der Waals surface area contributed by atoms with E-state index < -0.39 is 0 Å². The minimum Gasteiger partial charge on any atom is -0.381 e. The molecule has 2 rings (SSSR count). The van der Waals surface area contributed by atoms with Crippen LogP contribution in [0.25, 0.3) is 0 Å². The van der Waals surface area contributed by atoms with Crippen molar-refractivity contribution in [1.29, 1.82) is 0 Å². The van der Waals surface area contributed by atoms with Gasteiger partial charge in [0.05, 0.1) is 6.61 Å². The molecule has 0 bridgehead atoms. The highest BCUT2D eigenvalue weighted by molar-refractivity contribution is 5.89. The van der Waals surface area contributed by atoms with Crippen molar-refractivity contribution in [3.63, 3.8) is 0 Å². The zero-order chi connectivity index (χ0) is 13.7. The maximum atomic E-state index is 13.1. The predicted octanol–water partition coefficient (Wildman–Crippen LogP) is 2.68. The van der Waals surface area contributed by atoms with Gasteiger partial charge >= 0.3 is 6.03 Å². The molecular formula is C14H19FN2O2. The number of carbonyl (C=O) groups is 1. The van der Waals surface area contributed by atoms with Gasteiger partial charge in [-0.2, -0.15) is 0 Å². The van der Waals surface area contributed by atoms with Crippen LogP contribution in [0.2, 0.25) is 0 Å². The lowest BCUT2D eigenvalue weighted by Crippen LogP contribution is -2.35. The minimum absolute atomic E-state index is 0.267. The number of nitrogens with one attached hydrogen (secondary N) is 2. The van der Waals surface area contributed by atoms with Gasteiger partial charge in [0.2, 0.25) is 0 Å². The van der Waals surface area contributed by atoms with Crippen LogP contribution in [0, 0.1) is 18.7 Å². The third kappa shape index (κ3) is 4.21. The van der Waals surface area contributed by atoms with Crippen molar-refractivity contribution in [1.82, 2.24) is 5.32 Å². The first-order valence-corrected chi connectivity index (χ1v) is 6.54. The Hall–Kier alpha value is -1.62. The van der Waals surface area contributed by atoms with Crippen molar-refractivity contribution in [2.45, 2.75) is 19.8 Å². The molecule has 1 heterocycles. The van der Waals surface area contributed by atoms with Gasteiger partial charge in [-0.05, 0) is 49.4 Å². The molecule has 104 valence electrons. The van der Waals surface area contributed by atoms with Gasteiger partial charge < -0.3 is 15.4 Å². The molecule has 0 unspecified atom stereocenters. The summed E-state index contributed by atoms with van der Waals surface area (Å²) in [5.74, 6) is 0.111. The minimum atomic E-state index is -0.273. The Balaban J connectivity index is 1.78. The van der Waals surface area contributed by atoms with Crippen molar-refractivity contribution in [3.8, 4) is 0 Å². The molecule has 2 amide bonds. The van der Waals surface area contributed by atoms with Crippen LogP contribution < -0.4 is 10.6 Å². The number of rotatable bonds is 3. The molecule has 1 aromatic rings. The van der Waals surface area contributed by atoms with Gasteiger partial charge in [-0.15, -0.1) is 0 Å². The highest BCUT2D eigenvalue weighted by Crippen LogP contribution is 2.14. The molecule has 1 fully saturated rings. The van der Waals surface area contributed by atoms with E-state index in [1.807, 2.05) is 0 Å². The highest BCUT2D eigenvalue weighted by Gasteiger charge is 2.14. The van der Waals surface area contributed by atoms with Crippen molar-refractivity contribution < 1.29 is 13.9 Å². The Morgan fingerprint density at radius 2 is 2.37 bits per heavy atom. The Labute approximate surface area is 112 Å². The average Bonchev–Trinajstić information content (AvgIpc) is 2.42. The fourth-order valence-electron chi connectivity index (χ4n) is 2.10. The van der Waals surface area contributed by atoms with Crippen molar-refractivity contribution in [2.75, 3.05) is 25.1 Å². The highest BCUT2D eigenvalue weighted by atomic mass is 19.1. The van der Waals surface area contributed by atoms with Crippen LogP contribution in [0.5, 0.6) is 0 Å². The number of halogens is 1. The maximum Gasteiger partial charge on any atom is 0.319 e. The first-order valence-electron chi connectivity index (χ1n) is 6.54. The second-order valence-electron chi connectivity index (χ2n) is 4.88. The molecule has 0 radical (unpaired) electrons. The third-order valence-electron chi connectivity index (χ3n) is 3.22. The van der Waals surface area contributed by atoms with Crippen LogP contribution >= 0.6 is 0 Å². The number of ether oxygens (including phenoxy) is 1. The largest absolute Gasteiger partial charge is 0.381 e. The lowest BCUT2D eigenvalue weighted by molar-refractivity contribution is 0.0559. The van der Waals surface area contributed by atoms with E-state index in [0.717, 1.165) is 19.4 Å². The second-order valence-corrected chi connectivity index (χ2v) is 4.88. The number of carbonyl (C=O) groups excluding carboxylic acids is 1. The lowest BCUT2D eigenvalue weighted by Gasteiger charge is -2.22. The van der Waals surface area contributed by atoms with E-state index in [1.165, 1.54) is 6.07 Å². The third-order valence-corrected chi connectivity index (χ3v) is 3.22. The monoisotopic (exact) mass is 266 g/mol. The Morgan fingerprint density at radius 1 is 1.53 bits per heavy atom. The summed E-state index contributed by atoms with van der Waals surface area (Å²) >= 11 is 0. The SMILES string of the molecule is Cc1cc(NC(=O)NC[C@@H]2CCCOC2)ccc1F. The fraction of sp³-hybridized carbons (Fsp3) is 0.500. The normalized spacial score (nSPS) is 18.9. The van der Waals surface area contributed by atoms with Gasteiger partial charge in [0.15, 0.2) is 0 Å². The Morgan fingerprint density at radius 3 is 3.05 bits per heavy atom. The molecule has 1 atom stereocenters. The van der Waals surface area contributed by atoms with Gasteiger partial charge in [-0.1, -0.05) is 0 Å². The Bertz CT molecular complexity index is 445. The summed E-state index contributed by atoms with van der Waals surface area (Å²) in [5.41, 5.74) is 1.11. The van der Waals surface area contributed by atoms with Gasteiger partial charge in [0, 0.05) is 18.8 Å². The van der Waals surface area contributed by atoms with Crippen LogP contribution in [0.3, 0.4) is 0 Å². The van der Waals surface area contributed by atoms with Crippen molar-refractivity contribution in [3.05, 3.63) is 29.6 Å². The zero-order valence-electron chi connectivity index (χ0n) is 11.0. The molecule has 0 spiro atoms. The molecule has 4 nitrogen and oxygen atoms in total. The van der Waals surface area contributed by atoms with Crippen molar-refractivity contribution in [2.24, 2.45) is 5.92 Å². The van der Waals surface area contributed by atoms with E-state index in [9.17, 15) is 9.18 Å². The van der Waals surface area contributed by atoms with E-state index in [2.05, 4.69) is 10.6 Å². The van der Waals surface area contributed by atoms with Gasteiger partial charge in [0.25, 0.3) is 0 Å². The molecule has 1 aliphatic heterocycles. The molecule has 1 aromatic carbocycles. The molecule has 0 aromatic heterocycles. The molecule has 1 saturated heterocycles. The standard InChI is InChI=1S/C14H19FN2O2/c1-10-7-12(4-5-13(10)15)17-14(18)16-8-11-3-2-6-19-9-11/h4-5,7,11H,2-3,6,8-9H2,1H3,(H2,16,17,18)/t11-/m0/s1. The summed E-state index contributed by atoms with van der Waals surface area (Å²) in [6.45, 7) is 3.79. The number of benzene rings is 1. The van der Waals surface area contributed by atoms with Gasteiger partial charge in [-0.3, -0.25) is 0 Å². The molecule has 1 aliphatic rings. The lowest BCUT2D eigenvalue weighted by atomic mass is 10.0. The molecule has 5 heteroatoms. The first kappa shape index (κ1) is 13.8. The van der Waals surface area contributed by atoms with E-state index in [0.29, 0.717) is 30.3 Å². The number of amides is 2. The molecular weight excluding hydrogens is 247 g/mol. The van der Waals surface area contributed by atoms with Gasteiger partial charge in [-0.25, -0.2) is 9.18 Å². The van der Waals surface area contributed by atoms with Crippen LogP contribution in [0.4, 0.5) is 14.9 Å². The summed E-state index contributed by atoms with van der Waals surface area (Å²) in [6, 6.07) is 4.24. The molecule has 0 saturated carbocycles. The van der Waals surface area contributed by atoms with E-state index in [4.69, 9.17) is 4.74 Å². The number of urea groups is 1. The number of aryl methyl sites for hydroxylation is 1. The molecule has 0 aliphatic carbocycles. The van der Waals surface area contributed by atoms with Crippen LogP contribution in [0.1, 0.15) is 18.4 Å². The van der Waals surface area contributed by atoms with Gasteiger partial charge in [0.1, 0.15) is 5.82 Å².